The molecule has 0 aliphatic heterocycles. The fraction of sp³-hybridized carbons (Fsp3) is 0.278. The minimum atomic E-state index is -4.27. The smallest absolute Gasteiger partial charge is 0.264 e. The molecule has 1 atom stereocenters. The molecule has 0 radical (unpaired) electrons. The average Bonchev–Trinajstić information content (AvgIpc) is 3.60. The Bertz CT molecular complexity index is 1760. The second-order valence-electron chi connectivity index (χ2n) is 11.4. The van der Waals surface area contributed by atoms with Crippen LogP contribution >= 0.6 is 23.2 Å². The fourth-order valence-corrected chi connectivity index (χ4v) is 7.81. The van der Waals surface area contributed by atoms with Crippen molar-refractivity contribution in [3.8, 4) is 5.75 Å². The zero-order valence-electron chi connectivity index (χ0n) is 26.0. The molecule has 8 nitrogen and oxygen atoms in total. The molecule has 1 aliphatic carbocycles. The van der Waals surface area contributed by atoms with E-state index in [1.165, 1.54) is 24.1 Å². The van der Waals surface area contributed by atoms with E-state index in [1.54, 1.807) is 60.7 Å². The summed E-state index contributed by atoms with van der Waals surface area (Å²) in [5.74, 6) is -0.679. The van der Waals surface area contributed by atoms with Crippen LogP contribution < -0.4 is 14.4 Å². The lowest BCUT2D eigenvalue weighted by Gasteiger charge is -2.35. The number of nitrogens with one attached hydrogen (secondary N) is 1. The molecule has 0 saturated heterocycles. The Balaban J connectivity index is 1.61. The monoisotopic (exact) mass is 693 g/mol. The van der Waals surface area contributed by atoms with E-state index in [4.69, 9.17) is 27.9 Å². The number of para-hydroxylation sites is 2. The van der Waals surface area contributed by atoms with Gasteiger partial charge in [-0.15, -0.1) is 0 Å². The lowest BCUT2D eigenvalue weighted by molar-refractivity contribution is -0.140. The third-order valence-corrected chi connectivity index (χ3v) is 10.8. The number of hydrogen-bond acceptors (Lipinski definition) is 5. The van der Waals surface area contributed by atoms with Gasteiger partial charge in [0.05, 0.1) is 17.7 Å². The van der Waals surface area contributed by atoms with Crippen molar-refractivity contribution in [3.05, 3.63) is 124 Å². The molecule has 0 bridgehead atoms. The summed E-state index contributed by atoms with van der Waals surface area (Å²) < 4.78 is 35.0. The first kappa shape index (κ1) is 34.3. The molecule has 0 spiro atoms. The van der Waals surface area contributed by atoms with Crippen LogP contribution in [-0.4, -0.2) is 50.9 Å². The topological polar surface area (TPSA) is 96.0 Å². The molecule has 47 heavy (non-hydrogen) atoms. The molecular formula is C36H37Cl2N3O5S. The van der Waals surface area contributed by atoms with Crippen LogP contribution in [0.3, 0.4) is 0 Å². The average molecular weight is 695 g/mol. The van der Waals surface area contributed by atoms with Crippen molar-refractivity contribution >= 4 is 50.7 Å². The molecule has 2 amide bonds. The number of nitrogens with zero attached hydrogens (tertiary/aromatic N) is 2. The summed E-state index contributed by atoms with van der Waals surface area (Å²) in [6, 6.07) is 27.9. The third-order valence-electron chi connectivity index (χ3n) is 8.33. The predicted octanol–water partition coefficient (Wildman–Crippen LogP) is 6.90. The Labute approximate surface area is 286 Å². The molecule has 1 aliphatic rings. The highest BCUT2D eigenvalue weighted by atomic mass is 35.5. The van der Waals surface area contributed by atoms with Crippen molar-refractivity contribution in [2.45, 2.75) is 55.6 Å². The number of carbonyl (C=O) groups is 2. The standard InChI is InChI=1S/C36H37Cl2N3O5S/c1-46-34-22-11-10-21-32(34)41(47(44,45)28-17-6-3-7-18-28)25-35(42)40(24-29-30(37)19-12-20-31(29)38)33(23-26-13-4-2-5-14-26)36(43)39-27-15-8-9-16-27/h2-7,10-14,17-22,27,33H,8-9,15-16,23-25H2,1H3,(H,39,43)/t33-/m0/s1. The van der Waals surface area contributed by atoms with E-state index >= 15 is 0 Å². The van der Waals surface area contributed by atoms with Crippen LogP contribution in [0.4, 0.5) is 5.69 Å². The molecule has 0 aromatic heterocycles. The van der Waals surface area contributed by atoms with Gasteiger partial charge in [0.1, 0.15) is 18.3 Å². The van der Waals surface area contributed by atoms with Gasteiger partial charge in [-0.2, -0.15) is 0 Å². The molecule has 246 valence electrons. The quantitative estimate of drug-likeness (QED) is 0.164. The molecule has 4 aromatic carbocycles. The predicted molar refractivity (Wildman–Crippen MR) is 185 cm³/mol. The van der Waals surface area contributed by atoms with E-state index in [1.807, 2.05) is 30.3 Å². The number of amides is 2. The lowest BCUT2D eigenvalue weighted by atomic mass is 10.0. The summed E-state index contributed by atoms with van der Waals surface area (Å²) >= 11 is 13.2. The maximum Gasteiger partial charge on any atom is 0.264 e. The molecule has 0 unspecified atom stereocenters. The Kier molecular flexibility index (Phi) is 11.4. The maximum atomic E-state index is 14.7. The number of anilines is 1. The summed E-state index contributed by atoms with van der Waals surface area (Å²) in [6.07, 6.45) is 3.91. The molecule has 4 aromatic rings. The minimum absolute atomic E-state index is 0.000726. The molecule has 11 heteroatoms. The van der Waals surface area contributed by atoms with Gasteiger partial charge in [-0.25, -0.2) is 8.42 Å². The molecule has 1 fully saturated rings. The number of carbonyl (C=O) groups excluding carboxylic acids is 2. The number of sulfonamides is 1. The van der Waals surface area contributed by atoms with Crippen LogP contribution in [0.2, 0.25) is 10.0 Å². The van der Waals surface area contributed by atoms with Gasteiger partial charge < -0.3 is 15.0 Å². The zero-order chi connectivity index (χ0) is 33.4. The Morgan fingerprint density at radius 3 is 2.09 bits per heavy atom. The van der Waals surface area contributed by atoms with Crippen LogP contribution in [0.15, 0.2) is 108 Å². The van der Waals surface area contributed by atoms with Crippen LogP contribution in [-0.2, 0) is 32.6 Å². The minimum Gasteiger partial charge on any atom is -0.495 e. The number of methoxy groups -OCH3 is 1. The lowest BCUT2D eigenvalue weighted by Crippen LogP contribution is -2.54. The summed E-state index contributed by atoms with van der Waals surface area (Å²) in [5.41, 5.74) is 1.46. The summed E-state index contributed by atoms with van der Waals surface area (Å²) in [6.45, 7) is -0.750. The number of ether oxygens (including phenoxy) is 1. The van der Waals surface area contributed by atoms with E-state index in [0.717, 1.165) is 35.6 Å². The van der Waals surface area contributed by atoms with Crippen molar-refractivity contribution in [1.29, 1.82) is 0 Å². The maximum absolute atomic E-state index is 14.7. The third kappa shape index (κ3) is 8.27. The molecular weight excluding hydrogens is 657 g/mol. The number of hydrogen-bond donors (Lipinski definition) is 1. The number of halogens is 2. The van der Waals surface area contributed by atoms with Gasteiger partial charge in [-0.1, -0.05) is 103 Å². The van der Waals surface area contributed by atoms with Gasteiger partial charge in [-0.05, 0) is 54.8 Å². The largest absolute Gasteiger partial charge is 0.495 e. The summed E-state index contributed by atoms with van der Waals surface area (Å²) in [4.78, 5) is 30.3. The Morgan fingerprint density at radius 1 is 0.851 bits per heavy atom. The van der Waals surface area contributed by atoms with Gasteiger partial charge in [-0.3, -0.25) is 13.9 Å². The van der Waals surface area contributed by atoms with Crippen molar-refractivity contribution < 1.29 is 22.7 Å². The van der Waals surface area contributed by atoms with Crippen LogP contribution in [0, 0.1) is 0 Å². The van der Waals surface area contributed by atoms with E-state index in [2.05, 4.69) is 5.32 Å². The van der Waals surface area contributed by atoms with E-state index in [0.29, 0.717) is 15.6 Å². The van der Waals surface area contributed by atoms with Crippen molar-refractivity contribution in [3.63, 3.8) is 0 Å². The van der Waals surface area contributed by atoms with Crippen molar-refractivity contribution in [2.75, 3.05) is 18.0 Å². The highest BCUT2D eigenvalue weighted by Gasteiger charge is 2.36. The molecule has 5 rings (SSSR count). The first-order chi connectivity index (χ1) is 22.7. The molecule has 1 N–H and O–H groups in total. The van der Waals surface area contributed by atoms with E-state index in [-0.39, 0.29) is 41.2 Å². The van der Waals surface area contributed by atoms with Crippen LogP contribution in [0.25, 0.3) is 0 Å². The second kappa shape index (κ2) is 15.7. The fourth-order valence-electron chi connectivity index (χ4n) is 5.84. The SMILES string of the molecule is COc1ccccc1N(CC(=O)N(Cc1c(Cl)cccc1Cl)[C@@H](Cc1ccccc1)C(=O)NC1CCCC1)S(=O)(=O)c1ccccc1. The van der Waals surface area contributed by atoms with Crippen LogP contribution in [0.5, 0.6) is 5.75 Å². The zero-order valence-corrected chi connectivity index (χ0v) is 28.3. The number of rotatable bonds is 13. The first-order valence-corrected chi connectivity index (χ1v) is 17.7. The molecule has 0 heterocycles. The first-order valence-electron chi connectivity index (χ1n) is 15.5. The van der Waals surface area contributed by atoms with Gasteiger partial charge in [0, 0.05) is 34.6 Å². The van der Waals surface area contributed by atoms with E-state index in [9.17, 15) is 18.0 Å². The van der Waals surface area contributed by atoms with Gasteiger partial charge in [0.2, 0.25) is 11.8 Å². The highest BCUT2D eigenvalue weighted by molar-refractivity contribution is 7.92. The summed E-state index contributed by atoms with van der Waals surface area (Å²) in [5, 5.41) is 3.80. The van der Waals surface area contributed by atoms with Gasteiger partial charge in [0.25, 0.3) is 10.0 Å². The summed E-state index contributed by atoms with van der Waals surface area (Å²) in [7, 11) is -2.84. The normalized spacial score (nSPS) is 13.9. The van der Waals surface area contributed by atoms with Crippen LogP contribution in [0.1, 0.15) is 36.8 Å². The Morgan fingerprint density at radius 2 is 1.45 bits per heavy atom. The van der Waals surface area contributed by atoms with Gasteiger partial charge in [0.15, 0.2) is 0 Å². The van der Waals surface area contributed by atoms with E-state index < -0.39 is 28.5 Å². The second-order valence-corrected chi connectivity index (χ2v) is 14.1. The van der Waals surface area contributed by atoms with Gasteiger partial charge >= 0.3 is 0 Å². The van der Waals surface area contributed by atoms with Crippen molar-refractivity contribution in [1.82, 2.24) is 10.2 Å². The Hall–Kier alpha value is -4.05. The highest BCUT2D eigenvalue weighted by Crippen LogP contribution is 2.33. The van der Waals surface area contributed by atoms with Crippen molar-refractivity contribution in [2.24, 2.45) is 0 Å². The molecule has 1 saturated carbocycles. The number of benzene rings is 4.